The van der Waals surface area contributed by atoms with Gasteiger partial charge >= 0.3 is 0 Å². The number of anilines is 1. The molecule has 1 fully saturated rings. The average molecular weight is 436 g/mol. The van der Waals surface area contributed by atoms with E-state index in [9.17, 15) is 8.42 Å². The van der Waals surface area contributed by atoms with Crippen LogP contribution in [0.3, 0.4) is 0 Å². The van der Waals surface area contributed by atoms with Gasteiger partial charge in [0.05, 0.1) is 22.8 Å². The molecule has 0 saturated heterocycles. The van der Waals surface area contributed by atoms with Gasteiger partial charge in [0.15, 0.2) is 5.82 Å². The Hall–Kier alpha value is -2.52. The van der Waals surface area contributed by atoms with Crippen molar-refractivity contribution in [3.63, 3.8) is 0 Å². The molecule has 3 aromatic rings. The van der Waals surface area contributed by atoms with Gasteiger partial charge in [-0.25, -0.2) is 27.8 Å². The molecule has 1 aliphatic rings. The summed E-state index contributed by atoms with van der Waals surface area (Å²) in [5.74, 6) is 0.197. The molecule has 2 N–H and O–H groups in total. The fraction of sp³-hybridized carbons (Fsp3) is 0.316. The molecule has 0 unspecified atom stereocenters. The molecule has 29 heavy (non-hydrogen) atoms. The van der Waals surface area contributed by atoms with Gasteiger partial charge in [-0.2, -0.15) is 0 Å². The van der Waals surface area contributed by atoms with Gasteiger partial charge in [-0.05, 0) is 37.5 Å². The molecular formula is C19H19ClFN5O2S. The van der Waals surface area contributed by atoms with Crippen LogP contribution in [0.2, 0.25) is 5.02 Å². The van der Waals surface area contributed by atoms with Crippen molar-refractivity contribution in [2.45, 2.75) is 32.1 Å². The number of hydrogen-bond donors (Lipinski definition) is 2. The third-order valence-corrected chi connectivity index (χ3v) is 6.25. The van der Waals surface area contributed by atoms with Crippen molar-refractivity contribution in [1.29, 1.82) is 0 Å². The highest BCUT2D eigenvalue weighted by atomic mass is 35.5. The summed E-state index contributed by atoms with van der Waals surface area (Å²) >= 11 is 6.19. The van der Waals surface area contributed by atoms with Crippen LogP contribution in [0.15, 0.2) is 30.7 Å². The predicted octanol–water partition coefficient (Wildman–Crippen LogP) is 4.36. The van der Waals surface area contributed by atoms with Crippen LogP contribution in [0.5, 0.6) is 0 Å². The van der Waals surface area contributed by atoms with Crippen LogP contribution in [0.25, 0.3) is 22.6 Å². The minimum atomic E-state index is -3.68. The molecule has 7 nitrogen and oxygen atoms in total. The lowest BCUT2D eigenvalue weighted by atomic mass is 10.1. The Morgan fingerprint density at radius 1 is 1.34 bits per heavy atom. The maximum atomic E-state index is 15.4. The highest BCUT2D eigenvalue weighted by Gasteiger charge is 2.30. The second-order valence-corrected chi connectivity index (χ2v) is 9.23. The van der Waals surface area contributed by atoms with Crippen molar-refractivity contribution in [3.8, 4) is 22.6 Å². The number of aromatic nitrogens is 4. The number of benzene rings is 1. The normalized spacial score (nSPS) is 14.2. The van der Waals surface area contributed by atoms with Crippen LogP contribution in [0.4, 0.5) is 10.1 Å². The van der Waals surface area contributed by atoms with E-state index in [0.717, 1.165) is 18.7 Å². The molecule has 0 aliphatic heterocycles. The monoisotopic (exact) mass is 435 g/mol. The highest BCUT2D eigenvalue weighted by molar-refractivity contribution is 7.92. The van der Waals surface area contributed by atoms with Crippen LogP contribution in [-0.4, -0.2) is 34.1 Å². The zero-order chi connectivity index (χ0) is 20.6. The van der Waals surface area contributed by atoms with Crippen LogP contribution in [-0.2, 0) is 10.0 Å². The van der Waals surface area contributed by atoms with Gasteiger partial charge < -0.3 is 4.98 Å². The lowest BCUT2D eigenvalue weighted by Crippen LogP contribution is -2.17. The number of H-pyrrole nitrogens is 1. The molecule has 2 aromatic heterocycles. The maximum Gasteiger partial charge on any atom is 0.232 e. The number of nitrogens with zero attached hydrogens (tertiary/aromatic N) is 3. The lowest BCUT2D eigenvalue weighted by Gasteiger charge is -2.12. The van der Waals surface area contributed by atoms with Crippen LogP contribution >= 0.6 is 11.6 Å². The molecule has 4 rings (SSSR count). The predicted molar refractivity (Wildman–Crippen MR) is 110 cm³/mol. The van der Waals surface area contributed by atoms with E-state index in [1.807, 2.05) is 0 Å². The molecule has 0 spiro atoms. The van der Waals surface area contributed by atoms with Gasteiger partial charge in [-0.3, -0.25) is 4.72 Å². The number of imidazole rings is 1. The Balaban J connectivity index is 1.85. The van der Waals surface area contributed by atoms with Crippen molar-refractivity contribution < 1.29 is 12.8 Å². The molecule has 0 amide bonds. The molecule has 0 radical (unpaired) electrons. The molecule has 10 heteroatoms. The Morgan fingerprint density at radius 2 is 2.14 bits per heavy atom. The van der Waals surface area contributed by atoms with E-state index in [0.29, 0.717) is 29.4 Å². The summed E-state index contributed by atoms with van der Waals surface area (Å²) in [7, 11) is -3.68. The number of sulfonamides is 1. The smallest absolute Gasteiger partial charge is 0.232 e. The summed E-state index contributed by atoms with van der Waals surface area (Å²) in [5, 5.41) is 0.195. The zero-order valence-corrected chi connectivity index (χ0v) is 17.2. The summed E-state index contributed by atoms with van der Waals surface area (Å²) in [5.41, 5.74) is 1.33. The first kappa shape index (κ1) is 19.8. The van der Waals surface area contributed by atoms with Gasteiger partial charge in [-0.1, -0.05) is 18.5 Å². The summed E-state index contributed by atoms with van der Waals surface area (Å²) < 4.78 is 41.9. The van der Waals surface area contributed by atoms with Crippen LogP contribution in [0, 0.1) is 5.82 Å². The average Bonchev–Trinajstić information content (AvgIpc) is 3.43. The third kappa shape index (κ3) is 4.25. The minimum absolute atomic E-state index is 0.100. The van der Waals surface area contributed by atoms with E-state index in [4.69, 9.17) is 11.6 Å². The Labute approximate surface area is 172 Å². The number of halogens is 2. The Bertz CT molecular complexity index is 1150. The number of nitrogens with one attached hydrogen (secondary N) is 2. The number of aromatic amines is 1. The van der Waals surface area contributed by atoms with E-state index in [2.05, 4.69) is 24.7 Å². The Morgan fingerprint density at radius 3 is 2.79 bits per heavy atom. The van der Waals surface area contributed by atoms with Gasteiger partial charge in [0.25, 0.3) is 0 Å². The SMILES string of the molecule is CCCS(=O)(=O)Nc1cc(Cl)cc(-c2nc(C3CC3)[nH]c2-c2ccncn2)c1F. The molecule has 0 bridgehead atoms. The zero-order valence-electron chi connectivity index (χ0n) is 15.6. The molecular weight excluding hydrogens is 417 g/mol. The lowest BCUT2D eigenvalue weighted by molar-refractivity contribution is 0.597. The van der Waals surface area contributed by atoms with Gasteiger partial charge in [-0.15, -0.1) is 0 Å². The van der Waals surface area contributed by atoms with Crippen molar-refractivity contribution in [2.75, 3.05) is 10.5 Å². The van der Waals surface area contributed by atoms with E-state index in [1.165, 1.54) is 18.5 Å². The maximum absolute atomic E-state index is 15.4. The summed E-state index contributed by atoms with van der Waals surface area (Å²) in [6, 6.07) is 4.39. The first-order valence-corrected chi connectivity index (χ1v) is 11.3. The van der Waals surface area contributed by atoms with Crippen LogP contribution in [0.1, 0.15) is 37.9 Å². The minimum Gasteiger partial charge on any atom is -0.340 e. The fourth-order valence-corrected chi connectivity index (χ4v) is 4.42. The van der Waals surface area contributed by atoms with Gasteiger partial charge in [0.2, 0.25) is 10.0 Å². The van der Waals surface area contributed by atoms with E-state index >= 15 is 4.39 Å². The van der Waals surface area contributed by atoms with E-state index in [1.54, 1.807) is 19.2 Å². The molecule has 152 valence electrons. The molecule has 1 aliphatic carbocycles. The van der Waals surface area contributed by atoms with E-state index < -0.39 is 15.8 Å². The van der Waals surface area contributed by atoms with Crippen molar-refractivity contribution in [3.05, 3.63) is 47.4 Å². The molecule has 1 aromatic carbocycles. The van der Waals surface area contributed by atoms with Crippen molar-refractivity contribution in [2.24, 2.45) is 0 Å². The second-order valence-electron chi connectivity index (χ2n) is 6.95. The molecule has 2 heterocycles. The van der Waals surface area contributed by atoms with Gasteiger partial charge in [0, 0.05) is 22.7 Å². The summed E-state index contributed by atoms with van der Waals surface area (Å²) in [4.78, 5) is 16.0. The number of rotatable bonds is 7. The topological polar surface area (TPSA) is 101 Å². The standard InChI is InChI=1S/C19H19ClFN5O2S/c1-2-7-29(27,28)26-15-9-12(20)8-13(16(15)21)17-18(14-5-6-22-10-23-14)25-19(24-17)11-3-4-11/h5-6,8-11,26H,2-4,7H2,1H3,(H,24,25). The highest BCUT2D eigenvalue weighted by Crippen LogP contribution is 2.42. The Kier molecular flexibility index (Phi) is 5.26. The summed E-state index contributed by atoms with van der Waals surface area (Å²) in [6.45, 7) is 1.73. The largest absolute Gasteiger partial charge is 0.340 e. The second kappa shape index (κ2) is 7.72. The summed E-state index contributed by atoms with van der Waals surface area (Å²) in [6.07, 6.45) is 5.41. The fourth-order valence-electron chi connectivity index (χ4n) is 3.08. The first-order chi connectivity index (χ1) is 13.9. The first-order valence-electron chi connectivity index (χ1n) is 9.24. The van der Waals surface area contributed by atoms with Crippen molar-refractivity contribution in [1.82, 2.24) is 19.9 Å². The number of hydrogen-bond acceptors (Lipinski definition) is 5. The molecule has 0 atom stereocenters. The van der Waals surface area contributed by atoms with Crippen molar-refractivity contribution >= 4 is 27.3 Å². The van der Waals surface area contributed by atoms with E-state index in [-0.39, 0.29) is 22.0 Å². The molecule has 1 saturated carbocycles. The van der Waals surface area contributed by atoms with Gasteiger partial charge in [0.1, 0.15) is 17.8 Å². The van der Waals surface area contributed by atoms with Crippen LogP contribution < -0.4 is 4.72 Å². The quantitative estimate of drug-likeness (QED) is 0.574. The third-order valence-electron chi connectivity index (χ3n) is 4.56.